The van der Waals surface area contributed by atoms with E-state index in [0.29, 0.717) is 11.5 Å². The Bertz CT molecular complexity index is 361. The largest absolute Gasteiger partial charge is 0.300 e. The molecule has 1 N–H and O–H groups in total. The van der Waals surface area contributed by atoms with Crippen molar-refractivity contribution in [2.45, 2.75) is 71.4 Å². The van der Waals surface area contributed by atoms with Crippen LogP contribution >= 0.6 is 0 Å². The molecule has 1 saturated heterocycles. The molecular weight excluding hydrogens is 246 g/mol. The second-order valence-electron chi connectivity index (χ2n) is 7.82. The minimum Gasteiger partial charge on any atom is -0.300 e. The molecule has 1 heterocycles. The van der Waals surface area contributed by atoms with Crippen LogP contribution in [-0.4, -0.2) is 36.1 Å². The molecule has 0 bridgehead atoms. The number of rotatable bonds is 3. The number of hydrogen-bond donors (Lipinski definition) is 1. The van der Waals surface area contributed by atoms with Crippen molar-refractivity contribution in [3.05, 3.63) is 0 Å². The van der Waals surface area contributed by atoms with Crippen LogP contribution < -0.4 is 5.32 Å². The van der Waals surface area contributed by atoms with Gasteiger partial charge in [0, 0.05) is 12.6 Å². The summed E-state index contributed by atoms with van der Waals surface area (Å²) in [5, 5.41) is 13.0. The van der Waals surface area contributed by atoms with Crippen LogP contribution in [0.5, 0.6) is 0 Å². The van der Waals surface area contributed by atoms with Gasteiger partial charge in [0.2, 0.25) is 0 Å². The van der Waals surface area contributed by atoms with Crippen molar-refractivity contribution in [2.24, 2.45) is 11.3 Å². The highest BCUT2D eigenvalue weighted by molar-refractivity contribution is 5.11. The lowest BCUT2D eigenvalue weighted by Crippen LogP contribution is -2.52. The molecule has 2 fully saturated rings. The molecule has 1 aliphatic heterocycles. The van der Waals surface area contributed by atoms with Crippen LogP contribution in [0.4, 0.5) is 0 Å². The predicted molar refractivity (Wildman–Crippen MR) is 83.4 cm³/mol. The summed E-state index contributed by atoms with van der Waals surface area (Å²) in [5.74, 6) is 0.806. The average Bonchev–Trinajstić information content (AvgIpc) is 2.89. The zero-order valence-corrected chi connectivity index (χ0v) is 13.7. The first-order valence-electron chi connectivity index (χ1n) is 8.30. The molecule has 3 nitrogen and oxygen atoms in total. The van der Waals surface area contributed by atoms with E-state index in [-0.39, 0.29) is 5.54 Å². The van der Waals surface area contributed by atoms with Crippen molar-refractivity contribution in [3.8, 4) is 6.07 Å². The van der Waals surface area contributed by atoms with Crippen molar-refractivity contribution in [1.29, 1.82) is 5.26 Å². The molecule has 0 aromatic carbocycles. The first-order chi connectivity index (χ1) is 9.40. The summed E-state index contributed by atoms with van der Waals surface area (Å²) in [7, 11) is 0. The van der Waals surface area contributed by atoms with Gasteiger partial charge in [-0.05, 0) is 56.5 Å². The molecule has 20 heavy (non-hydrogen) atoms. The fourth-order valence-electron chi connectivity index (χ4n) is 4.02. The van der Waals surface area contributed by atoms with Crippen LogP contribution in [0.3, 0.4) is 0 Å². The van der Waals surface area contributed by atoms with Gasteiger partial charge in [0.05, 0.1) is 6.07 Å². The van der Waals surface area contributed by atoms with Gasteiger partial charge in [0.1, 0.15) is 5.54 Å². The summed E-state index contributed by atoms with van der Waals surface area (Å²) in [5.41, 5.74) is 0.148. The van der Waals surface area contributed by atoms with Gasteiger partial charge in [-0.1, -0.05) is 27.7 Å². The number of nitriles is 1. The highest BCUT2D eigenvalue weighted by Crippen LogP contribution is 2.38. The quantitative estimate of drug-likeness (QED) is 0.861. The van der Waals surface area contributed by atoms with Crippen LogP contribution in [0, 0.1) is 22.7 Å². The Kier molecular flexibility index (Phi) is 4.76. The molecule has 0 aromatic rings. The number of likely N-dealkylation sites (tertiary alicyclic amines) is 1. The molecule has 2 rings (SSSR count). The van der Waals surface area contributed by atoms with E-state index in [9.17, 15) is 5.26 Å². The Morgan fingerprint density at radius 3 is 2.65 bits per heavy atom. The van der Waals surface area contributed by atoms with Gasteiger partial charge in [-0.25, -0.2) is 0 Å². The van der Waals surface area contributed by atoms with Crippen molar-refractivity contribution < 1.29 is 0 Å². The van der Waals surface area contributed by atoms with Gasteiger partial charge in [-0.3, -0.25) is 10.2 Å². The SMILES string of the molecule is CCNC1(C#N)CCCC(N2CCC(C(C)(C)C)C2)C1. The van der Waals surface area contributed by atoms with E-state index in [1.165, 1.54) is 32.4 Å². The Balaban J connectivity index is 1.99. The molecule has 1 saturated carbocycles. The Labute approximate surface area is 124 Å². The lowest BCUT2D eigenvalue weighted by atomic mass is 9.78. The second kappa shape index (κ2) is 6.03. The summed E-state index contributed by atoms with van der Waals surface area (Å²) >= 11 is 0. The Hall–Kier alpha value is -0.590. The fourth-order valence-corrected chi connectivity index (χ4v) is 4.02. The summed E-state index contributed by atoms with van der Waals surface area (Å²) in [6.45, 7) is 12.5. The fraction of sp³-hybridized carbons (Fsp3) is 0.941. The summed E-state index contributed by atoms with van der Waals surface area (Å²) < 4.78 is 0. The molecular formula is C17H31N3. The predicted octanol–water partition coefficient (Wildman–Crippen LogP) is 3.17. The summed E-state index contributed by atoms with van der Waals surface area (Å²) in [4.78, 5) is 2.67. The third kappa shape index (κ3) is 3.35. The standard InChI is InChI=1S/C17H31N3/c1-5-19-17(13-18)9-6-7-15(11-17)20-10-8-14(12-20)16(2,3)4/h14-15,19H,5-12H2,1-4H3. The molecule has 2 aliphatic rings. The van der Waals surface area contributed by atoms with Gasteiger partial charge in [-0.15, -0.1) is 0 Å². The van der Waals surface area contributed by atoms with Crippen molar-refractivity contribution >= 4 is 0 Å². The van der Waals surface area contributed by atoms with E-state index >= 15 is 0 Å². The van der Waals surface area contributed by atoms with E-state index in [1.807, 2.05) is 0 Å². The normalized spacial score (nSPS) is 36.0. The molecule has 114 valence electrons. The number of hydrogen-bond acceptors (Lipinski definition) is 3. The van der Waals surface area contributed by atoms with Crippen LogP contribution in [0.25, 0.3) is 0 Å². The smallest absolute Gasteiger partial charge is 0.108 e. The van der Waals surface area contributed by atoms with E-state index in [0.717, 1.165) is 25.3 Å². The van der Waals surface area contributed by atoms with E-state index in [2.05, 4.69) is 44.0 Å². The van der Waals surface area contributed by atoms with E-state index in [1.54, 1.807) is 0 Å². The average molecular weight is 277 g/mol. The number of nitrogens with one attached hydrogen (secondary N) is 1. The van der Waals surface area contributed by atoms with Crippen LogP contribution in [-0.2, 0) is 0 Å². The van der Waals surface area contributed by atoms with Crippen LogP contribution in [0.2, 0.25) is 0 Å². The minimum absolute atomic E-state index is 0.266. The highest BCUT2D eigenvalue weighted by Gasteiger charge is 2.41. The second-order valence-corrected chi connectivity index (χ2v) is 7.82. The first kappa shape index (κ1) is 15.8. The van der Waals surface area contributed by atoms with Gasteiger partial charge in [0.15, 0.2) is 0 Å². The van der Waals surface area contributed by atoms with Gasteiger partial charge in [0.25, 0.3) is 0 Å². The van der Waals surface area contributed by atoms with Gasteiger partial charge < -0.3 is 0 Å². The number of nitrogens with zero attached hydrogens (tertiary/aromatic N) is 2. The van der Waals surface area contributed by atoms with Gasteiger partial charge >= 0.3 is 0 Å². The maximum atomic E-state index is 9.58. The lowest BCUT2D eigenvalue weighted by molar-refractivity contribution is 0.130. The summed E-state index contributed by atoms with van der Waals surface area (Å²) in [6.07, 6.45) is 5.80. The molecule has 3 unspecified atom stereocenters. The topological polar surface area (TPSA) is 39.1 Å². The molecule has 0 aromatic heterocycles. The van der Waals surface area contributed by atoms with Crippen molar-refractivity contribution in [3.63, 3.8) is 0 Å². The van der Waals surface area contributed by atoms with Crippen LogP contribution in [0.15, 0.2) is 0 Å². The van der Waals surface area contributed by atoms with E-state index < -0.39 is 0 Å². The Morgan fingerprint density at radius 2 is 2.10 bits per heavy atom. The van der Waals surface area contributed by atoms with Crippen LogP contribution in [0.1, 0.15) is 59.8 Å². The van der Waals surface area contributed by atoms with Crippen molar-refractivity contribution in [2.75, 3.05) is 19.6 Å². The maximum Gasteiger partial charge on any atom is 0.108 e. The zero-order valence-electron chi connectivity index (χ0n) is 13.7. The van der Waals surface area contributed by atoms with Gasteiger partial charge in [-0.2, -0.15) is 5.26 Å². The monoisotopic (exact) mass is 277 g/mol. The summed E-state index contributed by atoms with van der Waals surface area (Å²) in [6, 6.07) is 3.18. The third-order valence-electron chi connectivity index (χ3n) is 5.41. The zero-order chi connectivity index (χ0) is 14.8. The molecule has 0 spiro atoms. The Morgan fingerprint density at radius 1 is 1.35 bits per heavy atom. The molecule has 0 amide bonds. The molecule has 3 heteroatoms. The van der Waals surface area contributed by atoms with Crippen molar-refractivity contribution in [1.82, 2.24) is 10.2 Å². The minimum atomic E-state index is -0.266. The molecule has 3 atom stereocenters. The third-order valence-corrected chi connectivity index (χ3v) is 5.41. The molecule has 0 radical (unpaired) electrons. The highest BCUT2D eigenvalue weighted by atomic mass is 15.2. The first-order valence-corrected chi connectivity index (χ1v) is 8.30. The van der Waals surface area contributed by atoms with E-state index in [4.69, 9.17) is 0 Å². The lowest BCUT2D eigenvalue weighted by Gasteiger charge is -2.40. The maximum absolute atomic E-state index is 9.58. The molecule has 1 aliphatic carbocycles.